The Kier molecular flexibility index (Phi) is 5.98. The van der Waals surface area contributed by atoms with E-state index in [0.29, 0.717) is 0 Å². The van der Waals surface area contributed by atoms with Crippen molar-refractivity contribution in [3.63, 3.8) is 0 Å². The number of hydrogen-bond acceptors (Lipinski definition) is 4. The molecule has 3 aromatic rings. The van der Waals surface area contributed by atoms with Gasteiger partial charge < -0.3 is 10.2 Å². The zero-order valence-corrected chi connectivity index (χ0v) is 18.1. The van der Waals surface area contributed by atoms with Crippen LogP contribution in [0.1, 0.15) is 16.7 Å². The number of rotatable bonds is 4. The second-order valence-electron chi connectivity index (χ2n) is 6.09. The van der Waals surface area contributed by atoms with Crippen LogP contribution in [0.2, 0.25) is 20.1 Å². The van der Waals surface area contributed by atoms with E-state index < -0.39 is 31.4 Å². The summed E-state index contributed by atoms with van der Waals surface area (Å²) in [4.78, 5) is 0. The monoisotopic (exact) mass is 492 g/mol. The molecule has 0 aliphatic heterocycles. The molecule has 0 saturated carbocycles. The third kappa shape index (κ3) is 3.65. The molecule has 0 fully saturated rings. The van der Waals surface area contributed by atoms with E-state index in [0.717, 1.165) is 12.1 Å². The maximum absolute atomic E-state index is 13.0. The Morgan fingerprint density at radius 3 is 2.03 bits per heavy atom. The van der Waals surface area contributed by atoms with Crippen LogP contribution in [0.25, 0.3) is 0 Å². The molecule has 29 heavy (non-hydrogen) atoms. The van der Waals surface area contributed by atoms with Gasteiger partial charge in [-0.05, 0) is 35.9 Å². The Morgan fingerprint density at radius 1 is 0.793 bits per heavy atom. The highest BCUT2D eigenvalue weighted by atomic mass is 35.5. The largest absolute Gasteiger partial charge is 0.508 e. The normalized spacial score (nSPS) is 13.8. The molecule has 0 saturated heterocycles. The van der Waals surface area contributed by atoms with Gasteiger partial charge in [-0.1, -0.05) is 64.6 Å². The first-order chi connectivity index (χ1) is 13.5. The second-order valence-corrected chi connectivity index (χ2v) is 9.31. The van der Waals surface area contributed by atoms with Crippen molar-refractivity contribution in [3.05, 3.63) is 91.4 Å². The summed E-state index contributed by atoms with van der Waals surface area (Å²) in [5, 5.41) is 20.2. The van der Waals surface area contributed by atoms with Gasteiger partial charge in [0.25, 0.3) is 10.1 Å². The lowest BCUT2D eigenvalue weighted by Crippen LogP contribution is -2.39. The lowest BCUT2D eigenvalue weighted by atomic mass is 9.83. The topological polar surface area (TPSA) is 94.8 Å². The lowest BCUT2D eigenvalue weighted by Gasteiger charge is -2.34. The smallest absolute Gasteiger partial charge is 0.283 e. The maximum atomic E-state index is 13.0. The predicted octanol–water partition coefficient (Wildman–Crippen LogP) is 5.89. The predicted molar refractivity (Wildman–Crippen MR) is 114 cm³/mol. The van der Waals surface area contributed by atoms with Crippen molar-refractivity contribution in [2.24, 2.45) is 0 Å². The van der Waals surface area contributed by atoms with Gasteiger partial charge in [0.2, 0.25) is 0 Å². The van der Waals surface area contributed by atoms with Crippen molar-refractivity contribution in [2.75, 3.05) is 0 Å². The number of aromatic hydroxyl groups is 2. The van der Waals surface area contributed by atoms with Gasteiger partial charge in [-0.3, -0.25) is 4.55 Å². The third-order valence-electron chi connectivity index (χ3n) is 4.36. The van der Waals surface area contributed by atoms with Crippen LogP contribution < -0.4 is 0 Å². The maximum Gasteiger partial charge on any atom is 0.283 e. The summed E-state index contributed by atoms with van der Waals surface area (Å²) in [6, 6.07) is 11.7. The fraction of sp³-hybridized carbons (Fsp3) is 0.0526. The van der Waals surface area contributed by atoms with E-state index in [1.807, 2.05) is 0 Å². The molecule has 0 spiro atoms. The molecule has 0 aliphatic rings. The zero-order chi connectivity index (χ0) is 21.6. The first kappa shape index (κ1) is 22.0. The highest BCUT2D eigenvalue weighted by Gasteiger charge is 2.53. The molecule has 0 amide bonds. The van der Waals surface area contributed by atoms with Crippen molar-refractivity contribution >= 4 is 56.5 Å². The summed E-state index contributed by atoms with van der Waals surface area (Å²) in [6.45, 7) is 0. The first-order valence-electron chi connectivity index (χ1n) is 7.89. The Hall–Kier alpha value is -1.67. The fourth-order valence-electron chi connectivity index (χ4n) is 3.25. The minimum Gasteiger partial charge on any atom is -0.508 e. The molecule has 0 aliphatic carbocycles. The van der Waals surface area contributed by atoms with E-state index in [9.17, 15) is 23.2 Å². The van der Waals surface area contributed by atoms with Crippen molar-refractivity contribution in [1.82, 2.24) is 0 Å². The summed E-state index contributed by atoms with van der Waals surface area (Å²) in [7, 11) is -5.16. The fourth-order valence-corrected chi connectivity index (χ4v) is 5.66. The number of phenolic OH excluding ortho intramolecular Hbond substituents is 2. The molecule has 0 aromatic heterocycles. The van der Waals surface area contributed by atoms with Crippen LogP contribution in [0.4, 0.5) is 0 Å². The zero-order valence-electron chi connectivity index (χ0n) is 14.3. The van der Waals surface area contributed by atoms with Gasteiger partial charge in [-0.15, -0.1) is 0 Å². The van der Waals surface area contributed by atoms with Gasteiger partial charge in [0.1, 0.15) is 11.5 Å². The third-order valence-corrected chi connectivity index (χ3v) is 6.96. The number of phenols is 2. The summed E-state index contributed by atoms with van der Waals surface area (Å²) >= 11 is 24.7. The molecule has 10 heteroatoms. The highest BCUT2D eigenvalue weighted by molar-refractivity contribution is 7.87. The molecule has 3 rings (SSSR count). The second kappa shape index (κ2) is 7.87. The van der Waals surface area contributed by atoms with Crippen LogP contribution >= 0.6 is 46.4 Å². The summed E-state index contributed by atoms with van der Waals surface area (Å²) in [5.41, 5.74) is -0.785. The molecule has 152 valence electrons. The number of benzene rings is 3. The SMILES string of the molecule is O=S(=O)(O)C(c1cccc(Cl)c1)(c1cc(Cl)cc(O)c1Cl)c1c(O)cccc1Cl. The minimum atomic E-state index is -5.16. The van der Waals surface area contributed by atoms with Crippen molar-refractivity contribution in [3.8, 4) is 11.5 Å². The van der Waals surface area contributed by atoms with E-state index in [-0.39, 0.29) is 31.8 Å². The summed E-state index contributed by atoms with van der Waals surface area (Å²) < 4.78 is 34.0. The van der Waals surface area contributed by atoms with E-state index in [2.05, 4.69) is 0 Å². The van der Waals surface area contributed by atoms with E-state index >= 15 is 0 Å². The van der Waals surface area contributed by atoms with Gasteiger partial charge >= 0.3 is 0 Å². The molecule has 0 bridgehead atoms. The van der Waals surface area contributed by atoms with Gasteiger partial charge in [0.05, 0.1) is 5.02 Å². The number of halogens is 4. The Balaban J connectivity index is 2.68. The van der Waals surface area contributed by atoms with Gasteiger partial charge in [0, 0.05) is 32.3 Å². The van der Waals surface area contributed by atoms with Crippen LogP contribution in [0.3, 0.4) is 0 Å². The number of hydrogen-bond donors (Lipinski definition) is 3. The van der Waals surface area contributed by atoms with Gasteiger partial charge in [-0.25, -0.2) is 0 Å². The van der Waals surface area contributed by atoms with Crippen molar-refractivity contribution in [1.29, 1.82) is 0 Å². The highest BCUT2D eigenvalue weighted by Crippen LogP contribution is 2.53. The van der Waals surface area contributed by atoms with E-state index in [4.69, 9.17) is 46.4 Å². The molecule has 1 unspecified atom stereocenters. The average molecular weight is 494 g/mol. The standard InChI is InChI=1S/C19H12Cl4O5S/c20-11-4-1-3-10(7-11)19(29(26,27)28,17-14(22)5-2-6-15(17)24)13-8-12(21)9-16(25)18(13)23/h1-9,24-25H,(H,26,27,28). The van der Waals surface area contributed by atoms with Crippen molar-refractivity contribution < 1.29 is 23.2 Å². The minimum absolute atomic E-state index is 0.0662. The molecule has 0 heterocycles. The Bertz CT molecular complexity index is 1190. The van der Waals surface area contributed by atoms with Gasteiger partial charge in [-0.2, -0.15) is 8.42 Å². The molecular formula is C19H12Cl4O5S. The van der Waals surface area contributed by atoms with Crippen LogP contribution in [0, 0.1) is 0 Å². The van der Waals surface area contributed by atoms with Crippen LogP contribution in [-0.4, -0.2) is 23.2 Å². The first-order valence-corrected chi connectivity index (χ1v) is 10.8. The van der Waals surface area contributed by atoms with Crippen LogP contribution in [0.15, 0.2) is 54.6 Å². The molecule has 3 N–H and O–H groups in total. The van der Waals surface area contributed by atoms with Gasteiger partial charge in [0.15, 0.2) is 4.75 Å². The van der Waals surface area contributed by atoms with Crippen LogP contribution in [-0.2, 0) is 14.9 Å². The molecule has 3 aromatic carbocycles. The molecule has 0 radical (unpaired) electrons. The van der Waals surface area contributed by atoms with E-state index in [1.165, 1.54) is 42.5 Å². The average Bonchev–Trinajstić information content (AvgIpc) is 2.60. The van der Waals surface area contributed by atoms with Crippen molar-refractivity contribution in [2.45, 2.75) is 4.75 Å². The summed E-state index contributed by atoms with van der Waals surface area (Å²) in [5.74, 6) is -1.07. The van der Waals surface area contributed by atoms with E-state index in [1.54, 1.807) is 0 Å². The lowest BCUT2D eigenvalue weighted by molar-refractivity contribution is 0.439. The van der Waals surface area contributed by atoms with Crippen LogP contribution in [0.5, 0.6) is 11.5 Å². The molecule has 1 atom stereocenters. The Morgan fingerprint density at radius 2 is 1.45 bits per heavy atom. The summed E-state index contributed by atoms with van der Waals surface area (Å²) in [6.07, 6.45) is 0. The molecular weight excluding hydrogens is 482 g/mol. The Labute approximate surface area is 186 Å². The molecule has 5 nitrogen and oxygen atoms in total. The quantitative estimate of drug-likeness (QED) is 0.311.